The first-order chi connectivity index (χ1) is 9.16. The van der Waals surface area contributed by atoms with Gasteiger partial charge >= 0.3 is 0 Å². The fraction of sp³-hybridized carbons (Fsp3) is 0.375. The lowest BCUT2D eigenvalue weighted by Gasteiger charge is -2.11. The third-order valence-corrected chi connectivity index (χ3v) is 4.12. The zero-order valence-corrected chi connectivity index (χ0v) is 11.7. The maximum atomic E-state index is 5.69. The lowest BCUT2D eigenvalue weighted by molar-refractivity contribution is 0.310. The predicted octanol–water partition coefficient (Wildman–Crippen LogP) is 2.87. The van der Waals surface area contributed by atoms with Crippen LogP contribution >= 0.6 is 0 Å². The van der Waals surface area contributed by atoms with Gasteiger partial charge in [-0.05, 0) is 31.5 Å². The van der Waals surface area contributed by atoms with E-state index in [4.69, 9.17) is 4.74 Å². The largest absolute Gasteiger partial charge is 0.491 e. The average Bonchev–Trinajstić information content (AvgIpc) is 2.94. The number of rotatable bonds is 3. The molecule has 3 nitrogen and oxygen atoms in total. The van der Waals surface area contributed by atoms with Gasteiger partial charge in [-0.2, -0.15) is 0 Å². The highest BCUT2D eigenvalue weighted by atomic mass is 16.5. The molecule has 1 atom stereocenters. The van der Waals surface area contributed by atoms with Crippen LogP contribution in [0.4, 0.5) is 0 Å². The normalized spacial score (nSPS) is 17.3. The minimum Gasteiger partial charge on any atom is -0.491 e. The van der Waals surface area contributed by atoms with Gasteiger partial charge in [0.15, 0.2) is 0 Å². The van der Waals surface area contributed by atoms with Gasteiger partial charge in [0.25, 0.3) is 0 Å². The molecule has 0 radical (unpaired) electrons. The van der Waals surface area contributed by atoms with Crippen molar-refractivity contribution in [3.8, 4) is 5.75 Å². The molecule has 0 aliphatic carbocycles. The zero-order valence-electron chi connectivity index (χ0n) is 11.7. The van der Waals surface area contributed by atoms with Gasteiger partial charge in [-0.15, -0.1) is 0 Å². The molecule has 0 bridgehead atoms. The monoisotopic (exact) mass is 256 g/mol. The van der Waals surface area contributed by atoms with Gasteiger partial charge in [0.1, 0.15) is 12.4 Å². The predicted molar refractivity (Wildman–Crippen MR) is 76.4 cm³/mol. The van der Waals surface area contributed by atoms with Crippen LogP contribution in [0.1, 0.15) is 28.6 Å². The molecule has 3 rings (SSSR count). The summed E-state index contributed by atoms with van der Waals surface area (Å²) in [6.07, 6.45) is 0. The fourth-order valence-electron chi connectivity index (χ4n) is 2.68. The minimum absolute atomic E-state index is 0.302. The lowest BCUT2D eigenvalue weighted by Crippen LogP contribution is -2.22. The maximum absolute atomic E-state index is 5.69. The highest BCUT2D eigenvalue weighted by Gasteiger charge is 2.23. The summed E-state index contributed by atoms with van der Waals surface area (Å²) in [6, 6.07) is 10.8. The molecule has 2 aromatic rings. The first-order valence-electron chi connectivity index (χ1n) is 6.73. The van der Waals surface area contributed by atoms with E-state index in [0.717, 1.165) is 18.9 Å². The highest BCUT2D eigenvalue weighted by molar-refractivity contribution is 5.39. The number of aromatic nitrogens is 1. The van der Waals surface area contributed by atoms with Crippen LogP contribution in [0.15, 0.2) is 30.3 Å². The summed E-state index contributed by atoms with van der Waals surface area (Å²) in [5.74, 6) is 1.01. The Kier molecular flexibility index (Phi) is 3.07. The van der Waals surface area contributed by atoms with Crippen molar-refractivity contribution >= 4 is 0 Å². The molecule has 1 unspecified atom stereocenters. The Morgan fingerprint density at radius 3 is 2.84 bits per heavy atom. The van der Waals surface area contributed by atoms with E-state index >= 15 is 0 Å². The average molecular weight is 256 g/mol. The van der Waals surface area contributed by atoms with Gasteiger partial charge in [0, 0.05) is 30.5 Å². The standard InChI is InChI=1S/C16H20N2O/c1-11-8-13(12(2)18(11)3)9-17-15-10-19-16-7-5-4-6-14(15)16/h4-8,15,17H,9-10H2,1-3H3. The van der Waals surface area contributed by atoms with E-state index in [1.807, 2.05) is 12.1 Å². The van der Waals surface area contributed by atoms with E-state index in [9.17, 15) is 0 Å². The molecule has 3 heteroatoms. The number of aryl methyl sites for hydroxylation is 1. The Morgan fingerprint density at radius 2 is 2.11 bits per heavy atom. The van der Waals surface area contributed by atoms with Crippen molar-refractivity contribution < 1.29 is 4.74 Å². The van der Waals surface area contributed by atoms with Gasteiger partial charge in [-0.25, -0.2) is 0 Å². The number of hydrogen-bond acceptors (Lipinski definition) is 2. The van der Waals surface area contributed by atoms with Gasteiger partial charge < -0.3 is 14.6 Å². The first kappa shape index (κ1) is 12.3. The van der Waals surface area contributed by atoms with E-state index in [1.165, 1.54) is 22.5 Å². The Bertz CT molecular complexity index is 601. The molecule has 1 N–H and O–H groups in total. The van der Waals surface area contributed by atoms with Crippen LogP contribution in [-0.2, 0) is 13.6 Å². The first-order valence-corrected chi connectivity index (χ1v) is 6.73. The quantitative estimate of drug-likeness (QED) is 0.914. The molecular weight excluding hydrogens is 236 g/mol. The third kappa shape index (κ3) is 2.15. The van der Waals surface area contributed by atoms with Crippen molar-refractivity contribution in [2.75, 3.05) is 6.61 Å². The van der Waals surface area contributed by atoms with Crippen LogP contribution in [0.3, 0.4) is 0 Å². The number of para-hydroxylation sites is 1. The molecule has 1 aliphatic rings. The number of nitrogens with one attached hydrogen (secondary N) is 1. The van der Waals surface area contributed by atoms with Crippen molar-refractivity contribution in [2.45, 2.75) is 26.4 Å². The van der Waals surface area contributed by atoms with E-state index < -0.39 is 0 Å². The Balaban J connectivity index is 1.72. The molecule has 19 heavy (non-hydrogen) atoms. The van der Waals surface area contributed by atoms with Crippen molar-refractivity contribution in [1.29, 1.82) is 0 Å². The smallest absolute Gasteiger partial charge is 0.124 e. The number of fused-ring (bicyclic) bond motifs is 1. The second kappa shape index (κ2) is 4.74. The van der Waals surface area contributed by atoms with E-state index in [2.05, 4.69) is 49.0 Å². The Labute approximate surface area is 114 Å². The zero-order chi connectivity index (χ0) is 13.4. The molecule has 1 aromatic carbocycles. The maximum Gasteiger partial charge on any atom is 0.124 e. The van der Waals surface area contributed by atoms with Gasteiger partial charge in [0.05, 0.1) is 6.04 Å². The number of nitrogens with zero attached hydrogens (tertiary/aromatic N) is 1. The molecule has 1 aromatic heterocycles. The number of hydrogen-bond donors (Lipinski definition) is 1. The summed E-state index contributed by atoms with van der Waals surface area (Å²) in [4.78, 5) is 0. The summed E-state index contributed by atoms with van der Waals surface area (Å²) in [5, 5.41) is 3.60. The molecule has 0 saturated carbocycles. The molecule has 100 valence electrons. The van der Waals surface area contributed by atoms with Crippen LogP contribution in [-0.4, -0.2) is 11.2 Å². The fourth-order valence-corrected chi connectivity index (χ4v) is 2.68. The second-order valence-electron chi connectivity index (χ2n) is 5.24. The molecule has 0 amide bonds. The molecule has 0 fully saturated rings. The summed E-state index contributed by atoms with van der Waals surface area (Å²) >= 11 is 0. The van der Waals surface area contributed by atoms with Crippen molar-refractivity contribution in [2.24, 2.45) is 7.05 Å². The molecule has 1 aliphatic heterocycles. The highest BCUT2D eigenvalue weighted by Crippen LogP contribution is 2.31. The Hall–Kier alpha value is -1.74. The second-order valence-corrected chi connectivity index (χ2v) is 5.24. The molecule has 0 saturated heterocycles. The number of ether oxygens (including phenoxy) is 1. The summed E-state index contributed by atoms with van der Waals surface area (Å²) in [7, 11) is 2.11. The van der Waals surface area contributed by atoms with Crippen LogP contribution < -0.4 is 10.1 Å². The van der Waals surface area contributed by atoms with Crippen LogP contribution in [0.2, 0.25) is 0 Å². The van der Waals surface area contributed by atoms with Crippen molar-refractivity contribution in [3.05, 3.63) is 52.8 Å². The van der Waals surface area contributed by atoms with E-state index in [1.54, 1.807) is 0 Å². The van der Waals surface area contributed by atoms with Gasteiger partial charge in [0.2, 0.25) is 0 Å². The minimum atomic E-state index is 0.302. The topological polar surface area (TPSA) is 26.2 Å². The molecule has 0 spiro atoms. The number of benzene rings is 1. The summed E-state index contributed by atoms with van der Waals surface area (Å²) in [5.41, 5.74) is 5.27. The van der Waals surface area contributed by atoms with Gasteiger partial charge in [-0.1, -0.05) is 18.2 Å². The van der Waals surface area contributed by atoms with E-state index in [-0.39, 0.29) is 0 Å². The van der Waals surface area contributed by atoms with Gasteiger partial charge in [-0.3, -0.25) is 0 Å². The summed E-state index contributed by atoms with van der Waals surface area (Å²) < 4.78 is 7.92. The third-order valence-electron chi connectivity index (χ3n) is 4.12. The molecular formula is C16H20N2O. The van der Waals surface area contributed by atoms with Crippen LogP contribution in [0.5, 0.6) is 5.75 Å². The lowest BCUT2D eigenvalue weighted by atomic mass is 10.1. The van der Waals surface area contributed by atoms with E-state index in [0.29, 0.717) is 6.04 Å². The van der Waals surface area contributed by atoms with Crippen LogP contribution in [0.25, 0.3) is 0 Å². The SMILES string of the molecule is Cc1cc(CNC2COc3ccccc32)c(C)n1C. The van der Waals surface area contributed by atoms with Crippen LogP contribution in [0, 0.1) is 13.8 Å². The van der Waals surface area contributed by atoms with Crippen molar-refractivity contribution in [1.82, 2.24) is 9.88 Å². The Morgan fingerprint density at radius 1 is 1.32 bits per heavy atom. The summed E-state index contributed by atoms with van der Waals surface area (Å²) in [6.45, 7) is 5.92. The molecule has 2 heterocycles. The van der Waals surface area contributed by atoms with Crippen molar-refractivity contribution in [3.63, 3.8) is 0 Å².